The Bertz CT molecular complexity index is 3240. The van der Waals surface area contributed by atoms with Crippen LogP contribution in [0.2, 0.25) is 0 Å². The van der Waals surface area contributed by atoms with Crippen molar-refractivity contribution in [2.75, 3.05) is 9.80 Å². The molecule has 4 nitrogen and oxygen atoms in total. The van der Waals surface area contributed by atoms with Gasteiger partial charge in [0.25, 0.3) is 0 Å². The highest BCUT2D eigenvalue weighted by atomic mass is 16.5. The van der Waals surface area contributed by atoms with E-state index >= 15 is 0 Å². The Balaban J connectivity index is 0.878. The number of hydrogen-bond acceptors (Lipinski definition) is 4. The van der Waals surface area contributed by atoms with Gasteiger partial charge < -0.3 is 14.4 Å². The molecule has 2 aliphatic rings. The molecule has 0 saturated carbocycles. The predicted molar refractivity (Wildman–Crippen MR) is 263 cm³/mol. The van der Waals surface area contributed by atoms with Crippen molar-refractivity contribution in [2.45, 2.75) is 0 Å². The molecule has 0 amide bonds. The Labute approximate surface area is 373 Å². The summed E-state index contributed by atoms with van der Waals surface area (Å²) in [6, 6.07) is 85.8. The third kappa shape index (κ3) is 6.75. The first-order valence-corrected chi connectivity index (χ1v) is 21.6. The molecule has 0 unspecified atom stereocenters. The molecule has 0 aliphatic carbocycles. The van der Waals surface area contributed by atoms with Gasteiger partial charge in [0.15, 0.2) is 23.0 Å². The van der Waals surface area contributed by atoms with Crippen LogP contribution in [0.1, 0.15) is 0 Å². The van der Waals surface area contributed by atoms with Gasteiger partial charge in [-0.25, -0.2) is 0 Å². The molecule has 0 N–H and O–H groups in total. The lowest BCUT2D eigenvalue weighted by molar-refractivity contribution is 0.446. The number of anilines is 6. The number of rotatable bonds is 8. The Kier molecular flexibility index (Phi) is 9.12. The second-order valence-corrected chi connectivity index (χ2v) is 16.2. The van der Waals surface area contributed by atoms with Crippen molar-refractivity contribution in [2.24, 2.45) is 0 Å². The van der Waals surface area contributed by atoms with Gasteiger partial charge in [-0.1, -0.05) is 158 Å². The molecule has 10 aromatic carbocycles. The van der Waals surface area contributed by atoms with E-state index in [0.717, 1.165) is 79.4 Å². The summed E-state index contributed by atoms with van der Waals surface area (Å²) in [5.74, 6) is 3.16. The lowest BCUT2D eigenvalue weighted by Crippen LogP contribution is -2.20. The summed E-state index contributed by atoms with van der Waals surface area (Å²) < 4.78 is 13.2. The Morgan fingerprint density at radius 2 is 0.578 bits per heavy atom. The average molecular weight is 821 g/mol. The Hall–Kier alpha value is -8.60. The van der Waals surface area contributed by atoms with Gasteiger partial charge in [-0.15, -0.1) is 0 Å². The summed E-state index contributed by atoms with van der Waals surface area (Å²) in [6.07, 6.45) is 0. The van der Waals surface area contributed by atoms with Crippen LogP contribution in [0.15, 0.2) is 243 Å². The second kappa shape index (κ2) is 15.7. The summed E-state index contributed by atoms with van der Waals surface area (Å²) in [6.45, 7) is 0. The van der Waals surface area contributed by atoms with Crippen LogP contribution in [0.3, 0.4) is 0 Å². The van der Waals surface area contributed by atoms with Crippen LogP contribution in [0, 0.1) is 0 Å². The summed E-state index contributed by atoms with van der Waals surface area (Å²) in [5, 5.41) is 0. The molecular formula is C60H40N2O2. The SMILES string of the molecule is c1ccc(-c2ccc(N(c3ccc(-c4cccc(-c5ccccc5)c4)cc3)c3ccc(-c4cccc(-c5cc6c7c(c5)Oc5ccccc5N7c5ccccc5O6)c4)cc3)cc2)cc1. The molecule has 0 radical (unpaired) electrons. The van der Waals surface area contributed by atoms with Crippen LogP contribution >= 0.6 is 0 Å². The standard InChI is InChI=1S/C60H40N2O2/c1-3-13-41(14-4-1)43-25-31-51(32-26-43)61(52-33-27-44(28-34-52)47-18-11-17-46(37-47)42-15-5-2-6-16-42)53-35-29-45(30-36-53)48-19-12-20-49(38-48)50-39-58-60-59(40-50)64-57-24-10-8-22-55(57)62(60)54-21-7-9-23-56(54)63-58/h1-40H. The van der Waals surface area contributed by atoms with E-state index < -0.39 is 0 Å². The first kappa shape index (κ1) is 37.2. The zero-order valence-corrected chi connectivity index (χ0v) is 34.8. The fraction of sp³-hybridized carbons (Fsp3) is 0. The largest absolute Gasteiger partial charge is 0.453 e. The molecule has 0 fully saturated rings. The average Bonchev–Trinajstić information content (AvgIpc) is 3.37. The van der Waals surface area contributed by atoms with Crippen molar-refractivity contribution in [3.05, 3.63) is 243 Å². The Morgan fingerprint density at radius 1 is 0.250 bits per heavy atom. The monoisotopic (exact) mass is 820 g/mol. The quantitative estimate of drug-likeness (QED) is 0.152. The number of nitrogens with zero attached hydrogens (tertiary/aromatic N) is 2. The first-order chi connectivity index (χ1) is 31.7. The van der Waals surface area contributed by atoms with Crippen molar-refractivity contribution < 1.29 is 9.47 Å². The molecular weight excluding hydrogens is 781 g/mol. The molecule has 0 atom stereocenters. The van der Waals surface area contributed by atoms with Crippen molar-refractivity contribution in [3.63, 3.8) is 0 Å². The van der Waals surface area contributed by atoms with Gasteiger partial charge in [-0.05, 0) is 141 Å². The van der Waals surface area contributed by atoms with Crippen LogP contribution in [0.4, 0.5) is 34.1 Å². The topological polar surface area (TPSA) is 24.9 Å². The highest BCUT2D eigenvalue weighted by Gasteiger charge is 2.35. The van der Waals surface area contributed by atoms with Gasteiger partial charge in [0, 0.05) is 17.1 Å². The van der Waals surface area contributed by atoms with E-state index in [1.807, 2.05) is 36.4 Å². The fourth-order valence-corrected chi connectivity index (χ4v) is 9.06. The van der Waals surface area contributed by atoms with Crippen molar-refractivity contribution in [1.82, 2.24) is 0 Å². The smallest absolute Gasteiger partial charge is 0.156 e. The van der Waals surface area contributed by atoms with Crippen LogP contribution in [-0.2, 0) is 0 Å². The van der Waals surface area contributed by atoms with Crippen LogP contribution in [-0.4, -0.2) is 0 Å². The van der Waals surface area contributed by atoms with Crippen LogP contribution in [0.25, 0.3) is 55.6 Å². The maximum absolute atomic E-state index is 6.58. The molecule has 0 saturated heterocycles. The van der Waals surface area contributed by atoms with Crippen molar-refractivity contribution >= 4 is 34.1 Å². The van der Waals surface area contributed by atoms with Gasteiger partial charge in [-0.3, -0.25) is 4.90 Å². The number of fused-ring (bicyclic) bond motifs is 4. The van der Waals surface area contributed by atoms with E-state index in [1.165, 1.54) is 33.4 Å². The van der Waals surface area contributed by atoms with E-state index in [0.29, 0.717) is 0 Å². The normalized spacial score (nSPS) is 12.0. The summed E-state index contributed by atoms with van der Waals surface area (Å²) >= 11 is 0. The van der Waals surface area contributed by atoms with Gasteiger partial charge in [0.05, 0.1) is 11.4 Å². The van der Waals surface area contributed by atoms with E-state index in [-0.39, 0.29) is 0 Å². The molecule has 12 rings (SSSR count). The number of ether oxygens (including phenoxy) is 2. The zero-order valence-electron chi connectivity index (χ0n) is 34.8. The van der Waals surface area contributed by atoms with Crippen molar-refractivity contribution in [1.29, 1.82) is 0 Å². The molecule has 2 heterocycles. The molecule has 0 aromatic heterocycles. The van der Waals surface area contributed by atoms with E-state index in [2.05, 4.69) is 216 Å². The maximum Gasteiger partial charge on any atom is 0.156 e. The number of benzene rings is 10. The summed E-state index contributed by atoms with van der Waals surface area (Å²) in [5.41, 5.74) is 17.6. The summed E-state index contributed by atoms with van der Waals surface area (Å²) in [7, 11) is 0. The summed E-state index contributed by atoms with van der Waals surface area (Å²) in [4.78, 5) is 4.58. The lowest BCUT2D eigenvalue weighted by atomic mass is 9.97. The highest BCUT2D eigenvalue weighted by molar-refractivity contribution is 5.95. The van der Waals surface area contributed by atoms with Crippen LogP contribution in [0.5, 0.6) is 23.0 Å². The minimum Gasteiger partial charge on any atom is -0.453 e. The van der Waals surface area contributed by atoms with E-state index in [1.54, 1.807) is 0 Å². The maximum atomic E-state index is 6.58. The van der Waals surface area contributed by atoms with Gasteiger partial charge >= 0.3 is 0 Å². The van der Waals surface area contributed by atoms with Crippen LogP contribution < -0.4 is 19.3 Å². The second-order valence-electron chi connectivity index (χ2n) is 16.2. The van der Waals surface area contributed by atoms with E-state index in [4.69, 9.17) is 9.47 Å². The number of para-hydroxylation sites is 4. The van der Waals surface area contributed by atoms with Gasteiger partial charge in [0.2, 0.25) is 0 Å². The predicted octanol–water partition coefficient (Wildman–Crippen LogP) is 17.2. The van der Waals surface area contributed by atoms with Crippen molar-refractivity contribution in [3.8, 4) is 78.6 Å². The van der Waals surface area contributed by atoms with Gasteiger partial charge in [-0.2, -0.15) is 0 Å². The molecule has 64 heavy (non-hydrogen) atoms. The molecule has 302 valence electrons. The first-order valence-electron chi connectivity index (χ1n) is 21.6. The minimum atomic E-state index is 0.765. The number of hydrogen-bond donors (Lipinski definition) is 0. The molecule has 4 heteroatoms. The Morgan fingerprint density at radius 3 is 1.02 bits per heavy atom. The van der Waals surface area contributed by atoms with E-state index in [9.17, 15) is 0 Å². The fourth-order valence-electron chi connectivity index (χ4n) is 9.06. The molecule has 10 aromatic rings. The molecule has 2 aliphatic heterocycles. The highest BCUT2D eigenvalue weighted by Crippen LogP contribution is 2.60. The minimum absolute atomic E-state index is 0.765. The van der Waals surface area contributed by atoms with Gasteiger partial charge in [0.1, 0.15) is 5.69 Å². The third-order valence-electron chi connectivity index (χ3n) is 12.2. The zero-order chi connectivity index (χ0) is 42.4. The molecule has 0 bridgehead atoms. The molecule has 0 spiro atoms. The third-order valence-corrected chi connectivity index (χ3v) is 12.2. The lowest BCUT2D eigenvalue weighted by Gasteiger charge is -2.38.